The second-order valence-electron chi connectivity index (χ2n) is 6.68. The van der Waals surface area contributed by atoms with Crippen LogP contribution < -0.4 is 10.6 Å². The number of aryl methyl sites for hydroxylation is 2. The number of carbonyl (C=O) groups is 1. The van der Waals surface area contributed by atoms with Gasteiger partial charge in [0.05, 0.1) is 15.7 Å². The molecule has 1 heterocycles. The Labute approximate surface area is 185 Å². The number of nitrogens with zero attached hydrogens (tertiary/aromatic N) is 2. The van der Waals surface area contributed by atoms with E-state index in [-0.39, 0.29) is 11.0 Å². The molecule has 0 saturated heterocycles. The molecule has 3 aromatic rings. The summed E-state index contributed by atoms with van der Waals surface area (Å²) < 4.78 is 1.90. The molecule has 0 aliphatic carbocycles. The maximum absolute atomic E-state index is 12.3. The third-order valence-electron chi connectivity index (χ3n) is 4.66. The monoisotopic (exact) mass is 446 g/mol. The number of amides is 1. The number of rotatable bonds is 4. The Morgan fingerprint density at radius 2 is 1.79 bits per heavy atom. The lowest BCUT2D eigenvalue weighted by molar-refractivity contribution is 0.0977. The lowest BCUT2D eigenvalue weighted by Crippen LogP contribution is -2.34. The van der Waals surface area contributed by atoms with Crippen LogP contribution in [0.5, 0.6) is 0 Å². The lowest BCUT2D eigenvalue weighted by Gasteiger charge is -2.11. The molecule has 8 heteroatoms. The largest absolute Gasteiger partial charge is 0.332 e. The second-order valence-corrected chi connectivity index (χ2v) is 7.91. The predicted octanol–water partition coefficient (Wildman–Crippen LogP) is 5.06. The van der Waals surface area contributed by atoms with E-state index in [9.17, 15) is 4.79 Å². The van der Waals surface area contributed by atoms with E-state index in [0.717, 1.165) is 23.5 Å². The van der Waals surface area contributed by atoms with Gasteiger partial charge in [-0.3, -0.25) is 14.8 Å². The minimum Gasteiger partial charge on any atom is -0.332 e. The Morgan fingerprint density at radius 1 is 1.10 bits per heavy atom. The lowest BCUT2D eigenvalue weighted by atomic mass is 10.0. The quantitative estimate of drug-likeness (QED) is 0.549. The van der Waals surface area contributed by atoms with E-state index < -0.39 is 0 Å². The zero-order valence-corrected chi connectivity index (χ0v) is 18.5. The molecule has 0 radical (unpaired) electrons. The molecule has 5 nitrogen and oxygen atoms in total. The summed E-state index contributed by atoms with van der Waals surface area (Å²) in [5.74, 6) is -0.361. The van der Waals surface area contributed by atoms with Crippen molar-refractivity contribution in [2.75, 3.05) is 5.32 Å². The van der Waals surface area contributed by atoms with Gasteiger partial charge in [-0.2, -0.15) is 5.10 Å². The fraction of sp³-hybridized carbons (Fsp3) is 0.190. The first-order valence-electron chi connectivity index (χ1n) is 8.90. The summed E-state index contributed by atoms with van der Waals surface area (Å²) in [7, 11) is 1.95. The van der Waals surface area contributed by atoms with Crippen LogP contribution in [-0.2, 0) is 13.5 Å². The van der Waals surface area contributed by atoms with Crippen LogP contribution in [0.1, 0.15) is 32.9 Å². The van der Waals surface area contributed by atoms with E-state index in [0.29, 0.717) is 15.6 Å². The molecule has 0 bridgehead atoms. The molecular formula is C21H20Cl2N4OS. The number of hydrogen-bond acceptors (Lipinski definition) is 3. The molecule has 1 amide bonds. The van der Waals surface area contributed by atoms with Gasteiger partial charge < -0.3 is 5.32 Å². The molecule has 0 fully saturated rings. The Bertz CT molecular complexity index is 1080. The van der Waals surface area contributed by atoms with Crippen molar-refractivity contribution in [2.24, 2.45) is 7.05 Å². The van der Waals surface area contributed by atoms with Crippen LogP contribution in [-0.4, -0.2) is 20.8 Å². The third kappa shape index (κ3) is 5.15. The number of nitrogens with one attached hydrogen (secondary N) is 2. The summed E-state index contributed by atoms with van der Waals surface area (Å²) in [5, 5.41) is 11.0. The SMILES string of the molecule is Cc1nn(C)c(C)c1Cc1ccc(NC(=S)NC(=O)c2ccc(Cl)c(Cl)c2)cc1. The first-order valence-corrected chi connectivity index (χ1v) is 10.1. The zero-order chi connectivity index (χ0) is 21.1. The van der Waals surface area contributed by atoms with Crippen LogP contribution >= 0.6 is 35.4 Å². The van der Waals surface area contributed by atoms with Crippen molar-refractivity contribution in [3.05, 3.63) is 80.6 Å². The van der Waals surface area contributed by atoms with E-state index in [1.807, 2.05) is 42.9 Å². The molecule has 0 saturated carbocycles. The first kappa shape index (κ1) is 21.3. The van der Waals surface area contributed by atoms with Gasteiger partial charge in [0.25, 0.3) is 5.91 Å². The highest BCUT2D eigenvalue weighted by atomic mass is 35.5. The highest BCUT2D eigenvalue weighted by molar-refractivity contribution is 7.80. The zero-order valence-electron chi connectivity index (χ0n) is 16.2. The molecule has 0 aliphatic heterocycles. The van der Waals surface area contributed by atoms with Crippen molar-refractivity contribution in [3.8, 4) is 0 Å². The van der Waals surface area contributed by atoms with Crippen LogP contribution in [0.2, 0.25) is 10.0 Å². The van der Waals surface area contributed by atoms with Gasteiger partial charge >= 0.3 is 0 Å². The number of hydrogen-bond donors (Lipinski definition) is 2. The molecular weight excluding hydrogens is 427 g/mol. The van der Waals surface area contributed by atoms with Gasteiger partial charge in [-0.05, 0) is 62.0 Å². The summed E-state index contributed by atoms with van der Waals surface area (Å²) in [6.45, 7) is 4.09. The van der Waals surface area contributed by atoms with E-state index in [1.165, 1.54) is 17.2 Å². The topological polar surface area (TPSA) is 59.0 Å². The molecule has 150 valence electrons. The Kier molecular flexibility index (Phi) is 6.57. The van der Waals surface area contributed by atoms with Crippen LogP contribution in [0.25, 0.3) is 0 Å². The van der Waals surface area contributed by atoms with Gasteiger partial charge in [-0.1, -0.05) is 35.3 Å². The highest BCUT2D eigenvalue weighted by Gasteiger charge is 2.11. The van der Waals surface area contributed by atoms with Crippen molar-refractivity contribution < 1.29 is 4.79 Å². The van der Waals surface area contributed by atoms with Crippen LogP contribution in [0.15, 0.2) is 42.5 Å². The maximum Gasteiger partial charge on any atom is 0.257 e. The van der Waals surface area contributed by atoms with Crippen LogP contribution in [0.3, 0.4) is 0 Å². The second kappa shape index (κ2) is 8.95. The van der Waals surface area contributed by atoms with Crippen molar-refractivity contribution >= 4 is 52.1 Å². The standard InChI is InChI=1S/C21H20Cl2N4OS/c1-12-17(13(2)27(3)26-12)10-14-4-7-16(8-5-14)24-21(29)25-20(28)15-6-9-18(22)19(23)11-15/h4-9,11H,10H2,1-3H3,(H2,24,25,28,29). The molecule has 2 N–H and O–H groups in total. The summed E-state index contributed by atoms with van der Waals surface area (Å²) >= 11 is 17.1. The van der Waals surface area contributed by atoms with Crippen molar-refractivity contribution in [1.29, 1.82) is 0 Å². The average Bonchev–Trinajstić information content (AvgIpc) is 2.91. The molecule has 0 atom stereocenters. The number of benzene rings is 2. The minimum absolute atomic E-state index is 0.202. The summed E-state index contributed by atoms with van der Waals surface area (Å²) in [5.41, 5.74) is 5.77. The molecule has 0 aliphatic rings. The fourth-order valence-electron chi connectivity index (χ4n) is 2.96. The molecule has 29 heavy (non-hydrogen) atoms. The fourth-order valence-corrected chi connectivity index (χ4v) is 3.47. The number of anilines is 1. The average molecular weight is 447 g/mol. The van der Waals surface area contributed by atoms with Gasteiger partial charge in [0.2, 0.25) is 0 Å². The first-order chi connectivity index (χ1) is 13.7. The van der Waals surface area contributed by atoms with Crippen molar-refractivity contribution in [2.45, 2.75) is 20.3 Å². The Balaban J connectivity index is 1.61. The summed E-state index contributed by atoms with van der Waals surface area (Å²) in [6.07, 6.45) is 0.810. The normalized spacial score (nSPS) is 10.7. The van der Waals surface area contributed by atoms with E-state index in [4.69, 9.17) is 35.4 Å². The van der Waals surface area contributed by atoms with Gasteiger partial charge in [0.15, 0.2) is 5.11 Å². The van der Waals surface area contributed by atoms with E-state index >= 15 is 0 Å². The summed E-state index contributed by atoms with van der Waals surface area (Å²) in [6, 6.07) is 12.6. The Morgan fingerprint density at radius 3 is 2.38 bits per heavy atom. The minimum atomic E-state index is -0.361. The molecule has 3 rings (SSSR count). The molecule has 0 spiro atoms. The predicted molar refractivity (Wildman–Crippen MR) is 122 cm³/mol. The number of carbonyl (C=O) groups excluding carboxylic acids is 1. The van der Waals surface area contributed by atoms with Gasteiger partial charge in [0.1, 0.15) is 0 Å². The van der Waals surface area contributed by atoms with Crippen LogP contribution in [0, 0.1) is 13.8 Å². The van der Waals surface area contributed by atoms with Crippen molar-refractivity contribution in [1.82, 2.24) is 15.1 Å². The molecule has 0 unspecified atom stereocenters. The molecule has 2 aromatic carbocycles. The highest BCUT2D eigenvalue weighted by Crippen LogP contribution is 2.22. The number of halogens is 2. The third-order valence-corrected chi connectivity index (χ3v) is 5.60. The number of aromatic nitrogens is 2. The Hall–Kier alpha value is -2.41. The van der Waals surface area contributed by atoms with Gasteiger partial charge in [-0.25, -0.2) is 0 Å². The van der Waals surface area contributed by atoms with E-state index in [2.05, 4.69) is 22.7 Å². The molecule has 1 aromatic heterocycles. The van der Waals surface area contributed by atoms with Gasteiger partial charge in [0, 0.05) is 36.0 Å². The number of thiocarbonyl (C=S) groups is 1. The smallest absolute Gasteiger partial charge is 0.257 e. The van der Waals surface area contributed by atoms with Gasteiger partial charge in [-0.15, -0.1) is 0 Å². The van der Waals surface area contributed by atoms with E-state index in [1.54, 1.807) is 12.1 Å². The summed E-state index contributed by atoms with van der Waals surface area (Å²) in [4.78, 5) is 12.3. The maximum atomic E-state index is 12.3. The van der Waals surface area contributed by atoms with Crippen LogP contribution in [0.4, 0.5) is 5.69 Å². The van der Waals surface area contributed by atoms with Crippen molar-refractivity contribution in [3.63, 3.8) is 0 Å².